The summed E-state index contributed by atoms with van der Waals surface area (Å²) in [5.41, 5.74) is 0.488. The van der Waals surface area contributed by atoms with E-state index < -0.39 is 0 Å². The third-order valence-corrected chi connectivity index (χ3v) is 5.29. The van der Waals surface area contributed by atoms with Crippen LogP contribution < -0.4 is 4.74 Å². The third-order valence-electron chi connectivity index (χ3n) is 5.29. The highest BCUT2D eigenvalue weighted by Crippen LogP contribution is 2.35. The molecule has 136 valence electrons. The van der Waals surface area contributed by atoms with Crippen LogP contribution in [0.25, 0.3) is 0 Å². The predicted molar refractivity (Wildman–Crippen MR) is 94.6 cm³/mol. The lowest BCUT2D eigenvalue weighted by atomic mass is 9.78. The van der Waals surface area contributed by atoms with Gasteiger partial charge in [0, 0.05) is 12.6 Å². The SMILES string of the molecule is CCOC(=O)c1ccc(OCC(=O)N2CCCC3CCCCC32)cc1. The number of ether oxygens (including phenoxy) is 2. The van der Waals surface area contributed by atoms with E-state index in [-0.39, 0.29) is 18.5 Å². The van der Waals surface area contributed by atoms with E-state index in [1.165, 1.54) is 25.7 Å². The Bertz CT molecular complexity index is 596. The molecule has 5 heteroatoms. The molecule has 1 aliphatic carbocycles. The first-order chi connectivity index (χ1) is 12.2. The van der Waals surface area contributed by atoms with Crippen LogP contribution in [0.5, 0.6) is 5.75 Å². The van der Waals surface area contributed by atoms with Crippen molar-refractivity contribution < 1.29 is 19.1 Å². The molecule has 0 aromatic heterocycles. The molecule has 1 amide bonds. The Morgan fingerprint density at radius 1 is 1.08 bits per heavy atom. The summed E-state index contributed by atoms with van der Waals surface area (Å²) in [5.74, 6) is 1.00. The zero-order valence-electron chi connectivity index (χ0n) is 14.9. The summed E-state index contributed by atoms with van der Waals surface area (Å²) >= 11 is 0. The van der Waals surface area contributed by atoms with Crippen LogP contribution in [-0.4, -0.2) is 42.6 Å². The number of carbonyl (C=O) groups is 2. The number of amides is 1. The summed E-state index contributed by atoms with van der Waals surface area (Å²) in [6.45, 7) is 3.04. The molecule has 1 aliphatic heterocycles. The van der Waals surface area contributed by atoms with E-state index in [0.29, 0.717) is 29.9 Å². The highest BCUT2D eigenvalue weighted by molar-refractivity contribution is 5.89. The number of hydrogen-bond donors (Lipinski definition) is 0. The summed E-state index contributed by atoms with van der Waals surface area (Å²) in [4.78, 5) is 26.3. The summed E-state index contributed by atoms with van der Waals surface area (Å²) in [6, 6.07) is 7.15. The van der Waals surface area contributed by atoms with Gasteiger partial charge in [0.2, 0.25) is 0 Å². The van der Waals surface area contributed by atoms with Crippen LogP contribution in [0.2, 0.25) is 0 Å². The average Bonchev–Trinajstić information content (AvgIpc) is 2.66. The molecule has 5 nitrogen and oxygen atoms in total. The fourth-order valence-corrected chi connectivity index (χ4v) is 4.06. The molecule has 0 bridgehead atoms. The number of esters is 1. The van der Waals surface area contributed by atoms with Crippen LogP contribution in [0.1, 0.15) is 55.8 Å². The van der Waals surface area contributed by atoms with Crippen molar-refractivity contribution >= 4 is 11.9 Å². The predicted octanol–water partition coefficient (Wildman–Crippen LogP) is 3.42. The molecule has 1 saturated heterocycles. The minimum Gasteiger partial charge on any atom is -0.484 e. The summed E-state index contributed by atoms with van der Waals surface area (Å²) in [5, 5.41) is 0. The van der Waals surface area contributed by atoms with E-state index in [1.807, 2.05) is 4.90 Å². The molecule has 1 saturated carbocycles. The van der Waals surface area contributed by atoms with E-state index in [4.69, 9.17) is 9.47 Å². The number of likely N-dealkylation sites (tertiary alicyclic amines) is 1. The molecule has 2 aliphatic rings. The van der Waals surface area contributed by atoms with Crippen molar-refractivity contribution in [2.75, 3.05) is 19.8 Å². The van der Waals surface area contributed by atoms with Gasteiger partial charge in [-0.2, -0.15) is 0 Å². The molecule has 2 unspecified atom stereocenters. The van der Waals surface area contributed by atoms with Crippen molar-refractivity contribution in [1.82, 2.24) is 4.90 Å². The van der Waals surface area contributed by atoms with Gasteiger partial charge in [0.1, 0.15) is 5.75 Å². The molecule has 1 aromatic rings. The first-order valence-electron chi connectivity index (χ1n) is 9.38. The van der Waals surface area contributed by atoms with Crippen LogP contribution >= 0.6 is 0 Å². The monoisotopic (exact) mass is 345 g/mol. The van der Waals surface area contributed by atoms with Crippen molar-refractivity contribution in [2.24, 2.45) is 5.92 Å². The molecule has 1 aromatic carbocycles. The maximum atomic E-state index is 12.6. The molecule has 3 rings (SSSR count). The van der Waals surface area contributed by atoms with Gasteiger partial charge in [-0.05, 0) is 62.8 Å². The topological polar surface area (TPSA) is 55.8 Å². The number of piperidine rings is 1. The Labute approximate surface area is 149 Å². The van der Waals surface area contributed by atoms with Gasteiger partial charge in [0.25, 0.3) is 5.91 Å². The molecular weight excluding hydrogens is 318 g/mol. The van der Waals surface area contributed by atoms with Gasteiger partial charge in [-0.3, -0.25) is 4.79 Å². The van der Waals surface area contributed by atoms with Gasteiger partial charge < -0.3 is 14.4 Å². The Hall–Kier alpha value is -2.04. The third kappa shape index (κ3) is 4.33. The van der Waals surface area contributed by atoms with E-state index in [1.54, 1.807) is 31.2 Å². The van der Waals surface area contributed by atoms with Crippen LogP contribution in [0.3, 0.4) is 0 Å². The number of fused-ring (bicyclic) bond motifs is 1. The zero-order chi connectivity index (χ0) is 17.6. The Balaban J connectivity index is 1.54. The summed E-state index contributed by atoms with van der Waals surface area (Å²) in [6.07, 6.45) is 7.26. The molecule has 2 fully saturated rings. The number of rotatable bonds is 5. The molecule has 0 N–H and O–H groups in total. The number of carbonyl (C=O) groups excluding carboxylic acids is 2. The van der Waals surface area contributed by atoms with Crippen LogP contribution in [0.4, 0.5) is 0 Å². The fourth-order valence-electron chi connectivity index (χ4n) is 4.06. The first kappa shape index (κ1) is 17.8. The Morgan fingerprint density at radius 2 is 1.80 bits per heavy atom. The second-order valence-electron chi connectivity index (χ2n) is 6.87. The van der Waals surface area contributed by atoms with Crippen LogP contribution in [0.15, 0.2) is 24.3 Å². The first-order valence-corrected chi connectivity index (χ1v) is 9.38. The van der Waals surface area contributed by atoms with Gasteiger partial charge in [0.05, 0.1) is 12.2 Å². The smallest absolute Gasteiger partial charge is 0.338 e. The van der Waals surface area contributed by atoms with Crippen molar-refractivity contribution in [3.63, 3.8) is 0 Å². The summed E-state index contributed by atoms with van der Waals surface area (Å²) in [7, 11) is 0. The largest absolute Gasteiger partial charge is 0.484 e. The molecule has 2 atom stereocenters. The van der Waals surface area contributed by atoms with Crippen LogP contribution in [-0.2, 0) is 9.53 Å². The average molecular weight is 345 g/mol. The van der Waals surface area contributed by atoms with Crippen LogP contribution in [0, 0.1) is 5.92 Å². The molecule has 1 heterocycles. The number of nitrogens with zero attached hydrogens (tertiary/aromatic N) is 1. The number of benzene rings is 1. The van der Waals surface area contributed by atoms with Gasteiger partial charge in [-0.1, -0.05) is 12.8 Å². The highest BCUT2D eigenvalue weighted by atomic mass is 16.5. The molecule has 0 radical (unpaired) electrons. The Kier molecular flexibility index (Phi) is 5.95. The van der Waals surface area contributed by atoms with E-state index in [2.05, 4.69) is 0 Å². The van der Waals surface area contributed by atoms with E-state index in [0.717, 1.165) is 19.4 Å². The maximum Gasteiger partial charge on any atom is 0.338 e. The van der Waals surface area contributed by atoms with E-state index >= 15 is 0 Å². The van der Waals surface area contributed by atoms with Crippen molar-refractivity contribution in [1.29, 1.82) is 0 Å². The van der Waals surface area contributed by atoms with Gasteiger partial charge >= 0.3 is 5.97 Å². The number of hydrogen-bond acceptors (Lipinski definition) is 4. The lowest BCUT2D eigenvalue weighted by Gasteiger charge is -2.44. The minimum absolute atomic E-state index is 0.0575. The molecule has 25 heavy (non-hydrogen) atoms. The molecular formula is C20H27NO4. The van der Waals surface area contributed by atoms with Crippen molar-refractivity contribution in [3.05, 3.63) is 29.8 Å². The second-order valence-corrected chi connectivity index (χ2v) is 6.87. The van der Waals surface area contributed by atoms with Crippen molar-refractivity contribution in [2.45, 2.75) is 51.5 Å². The normalized spacial score (nSPS) is 22.8. The minimum atomic E-state index is -0.346. The maximum absolute atomic E-state index is 12.6. The standard InChI is InChI=1S/C20H27NO4/c1-2-24-20(23)16-9-11-17(12-10-16)25-14-19(22)21-13-5-7-15-6-3-4-8-18(15)21/h9-12,15,18H,2-8,13-14H2,1H3. The zero-order valence-corrected chi connectivity index (χ0v) is 14.9. The van der Waals surface area contributed by atoms with E-state index in [9.17, 15) is 9.59 Å². The quantitative estimate of drug-likeness (QED) is 0.767. The summed E-state index contributed by atoms with van der Waals surface area (Å²) < 4.78 is 10.6. The lowest BCUT2D eigenvalue weighted by molar-refractivity contribution is -0.139. The van der Waals surface area contributed by atoms with Gasteiger partial charge in [-0.15, -0.1) is 0 Å². The highest BCUT2D eigenvalue weighted by Gasteiger charge is 2.35. The van der Waals surface area contributed by atoms with Crippen molar-refractivity contribution in [3.8, 4) is 5.75 Å². The molecule has 0 spiro atoms. The fraction of sp³-hybridized carbons (Fsp3) is 0.600. The second kappa shape index (κ2) is 8.37. The lowest BCUT2D eigenvalue weighted by Crippen LogP contribution is -2.51. The Morgan fingerprint density at radius 3 is 2.56 bits per heavy atom. The van der Waals surface area contributed by atoms with Gasteiger partial charge in [-0.25, -0.2) is 4.79 Å². The van der Waals surface area contributed by atoms with Gasteiger partial charge in [0.15, 0.2) is 6.61 Å².